The summed E-state index contributed by atoms with van der Waals surface area (Å²) in [7, 11) is -1.89. The van der Waals surface area contributed by atoms with E-state index in [0.717, 1.165) is 17.8 Å². The fourth-order valence-corrected chi connectivity index (χ4v) is 11.9. The van der Waals surface area contributed by atoms with Gasteiger partial charge in [-0.25, -0.2) is 0 Å². The SMILES string of the molecule is CC(C)(C)[Si](CC1[C@H]2CC/C=C\CC[C@@H]12)(c1ccccc1)c1ccccc1. The molecule has 2 aromatic carbocycles. The third kappa shape index (κ3) is 3.47. The summed E-state index contributed by atoms with van der Waals surface area (Å²) in [6.45, 7) is 7.52. The number of benzene rings is 2. The van der Waals surface area contributed by atoms with Crippen molar-refractivity contribution >= 4 is 18.4 Å². The highest BCUT2D eigenvalue weighted by molar-refractivity contribution is 7.04. The van der Waals surface area contributed by atoms with Gasteiger partial charge in [-0.2, -0.15) is 0 Å². The van der Waals surface area contributed by atoms with E-state index in [2.05, 4.69) is 93.6 Å². The lowest BCUT2D eigenvalue weighted by Gasteiger charge is -2.45. The minimum absolute atomic E-state index is 0.297. The normalized spacial score (nSPS) is 26.6. The molecule has 0 nitrogen and oxygen atoms in total. The molecule has 0 aliphatic heterocycles. The van der Waals surface area contributed by atoms with E-state index in [0.29, 0.717) is 5.04 Å². The monoisotopic (exact) mass is 374 g/mol. The lowest BCUT2D eigenvalue weighted by Crippen LogP contribution is -2.64. The molecule has 0 spiro atoms. The predicted octanol–water partition coefficient (Wildman–Crippen LogP) is 6.04. The van der Waals surface area contributed by atoms with Crippen LogP contribution in [0.1, 0.15) is 46.5 Å². The van der Waals surface area contributed by atoms with Crippen LogP contribution in [0.3, 0.4) is 0 Å². The van der Waals surface area contributed by atoms with Crippen molar-refractivity contribution in [2.45, 2.75) is 57.5 Å². The van der Waals surface area contributed by atoms with Gasteiger partial charge in [-0.1, -0.05) is 104 Å². The number of rotatable bonds is 4. The molecule has 4 rings (SSSR count). The third-order valence-electron chi connectivity index (χ3n) is 7.36. The number of allylic oxidation sites excluding steroid dienone is 2. The molecule has 27 heavy (non-hydrogen) atoms. The zero-order valence-corrected chi connectivity index (χ0v) is 18.2. The molecule has 1 fully saturated rings. The van der Waals surface area contributed by atoms with Crippen molar-refractivity contribution in [2.75, 3.05) is 0 Å². The van der Waals surface area contributed by atoms with E-state index in [9.17, 15) is 0 Å². The fraction of sp³-hybridized carbons (Fsp3) is 0.462. The Labute approximate surface area is 166 Å². The van der Waals surface area contributed by atoms with Crippen LogP contribution < -0.4 is 10.4 Å². The molecule has 2 aliphatic rings. The van der Waals surface area contributed by atoms with Gasteiger partial charge in [0.05, 0.1) is 0 Å². The molecule has 0 N–H and O–H groups in total. The van der Waals surface area contributed by atoms with Crippen LogP contribution in [0.4, 0.5) is 0 Å². The Morgan fingerprint density at radius 2 is 1.19 bits per heavy atom. The van der Waals surface area contributed by atoms with Gasteiger partial charge in [0.25, 0.3) is 0 Å². The Bertz CT molecular complexity index is 713. The summed E-state index contributed by atoms with van der Waals surface area (Å²) >= 11 is 0. The topological polar surface area (TPSA) is 0 Å². The van der Waals surface area contributed by atoms with Crippen LogP contribution in [0.5, 0.6) is 0 Å². The van der Waals surface area contributed by atoms with E-state index in [1.807, 2.05) is 0 Å². The number of hydrogen-bond donors (Lipinski definition) is 0. The van der Waals surface area contributed by atoms with Gasteiger partial charge in [0, 0.05) is 0 Å². The highest BCUT2D eigenvalue weighted by atomic mass is 28.3. The maximum absolute atomic E-state index is 2.51. The molecule has 0 saturated heterocycles. The Morgan fingerprint density at radius 3 is 1.59 bits per heavy atom. The van der Waals surface area contributed by atoms with Crippen LogP contribution in [0.2, 0.25) is 11.1 Å². The molecule has 142 valence electrons. The van der Waals surface area contributed by atoms with E-state index in [4.69, 9.17) is 0 Å². The fourth-order valence-electron chi connectivity index (χ4n) is 5.87. The lowest BCUT2D eigenvalue weighted by molar-refractivity contribution is 0.605. The molecule has 1 saturated carbocycles. The van der Waals surface area contributed by atoms with Crippen LogP contribution in [0, 0.1) is 17.8 Å². The summed E-state index contributed by atoms with van der Waals surface area (Å²) in [5.41, 5.74) is 0. The van der Waals surface area contributed by atoms with Crippen molar-refractivity contribution in [2.24, 2.45) is 17.8 Å². The van der Waals surface area contributed by atoms with Gasteiger partial charge in [-0.15, -0.1) is 0 Å². The average molecular weight is 375 g/mol. The van der Waals surface area contributed by atoms with E-state index in [1.54, 1.807) is 10.4 Å². The first-order chi connectivity index (χ1) is 13.0. The maximum Gasteiger partial charge on any atom is 0.123 e. The first-order valence-electron chi connectivity index (χ1n) is 10.8. The second-order valence-corrected chi connectivity index (χ2v) is 14.6. The van der Waals surface area contributed by atoms with Crippen LogP contribution in [-0.2, 0) is 0 Å². The van der Waals surface area contributed by atoms with E-state index in [-0.39, 0.29) is 0 Å². The summed E-state index contributed by atoms with van der Waals surface area (Å²) in [4.78, 5) is 0. The molecule has 1 unspecified atom stereocenters. The number of fused-ring (bicyclic) bond motifs is 1. The predicted molar refractivity (Wildman–Crippen MR) is 121 cm³/mol. The van der Waals surface area contributed by atoms with E-state index < -0.39 is 8.07 Å². The van der Waals surface area contributed by atoms with Crippen LogP contribution in [0.15, 0.2) is 72.8 Å². The van der Waals surface area contributed by atoms with Gasteiger partial charge < -0.3 is 0 Å². The highest BCUT2D eigenvalue weighted by Gasteiger charge is 2.56. The zero-order chi connectivity index (χ0) is 18.9. The molecular weight excluding hydrogens is 340 g/mol. The molecule has 0 heterocycles. The highest BCUT2D eigenvalue weighted by Crippen LogP contribution is 2.58. The largest absolute Gasteiger partial charge is 0.123 e. The second-order valence-electron chi connectivity index (χ2n) is 9.71. The van der Waals surface area contributed by atoms with Gasteiger partial charge in [-0.05, 0) is 54.5 Å². The van der Waals surface area contributed by atoms with Gasteiger partial charge in [-0.3, -0.25) is 0 Å². The Balaban J connectivity index is 1.77. The van der Waals surface area contributed by atoms with Crippen molar-refractivity contribution in [3.8, 4) is 0 Å². The Morgan fingerprint density at radius 1 is 0.741 bits per heavy atom. The maximum atomic E-state index is 2.51. The molecule has 1 heteroatoms. The summed E-state index contributed by atoms with van der Waals surface area (Å²) in [5.74, 6) is 2.87. The average Bonchev–Trinajstić information content (AvgIpc) is 3.28. The van der Waals surface area contributed by atoms with E-state index in [1.165, 1.54) is 31.7 Å². The minimum Gasteiger partial charge on any atom is -0.0885 e. The van der Waals surface area contributed by atoms with Crippen LogP contribution >= 0.6 is 0 Å². The zero-order valence-electron chi connectivity index (χ0n) is 17.2. The van der Waals surface area contributed by atoms with Crippen molar-refractivity contribution in [3.05, 3.63) is 72.8 Å². The lowest BCUT2D eigenvalue weighted by atomic mass is 10.1. The Hall–Kier alpha value is -1.60. The van der Waals surface area contributed by atoms with Crippen molar-refractivity contribution in [1.29, 1.82) is 0 Å². The Kier molecular flexibility index (Phi) is 5.16. The standard InChI is InChI=1S/C26H34Si/c1-26(2,3)27(21-14-8-6-9-15-21,22-16-10-7-11-17-22)20-25-23-18-12-4-5-13-19-24(23)25/h4-11,14-17,23-25H,12-13,18-20H2,1-3H3/b5-4-/t23-,24+,25?. The molecule has 3 atom stereocenters. The first kappa shape index (κ1) is 18.7. The smallest absolute Gasteiger partial charge is 0.0885 e. The van der Waals surface area contributed by atoms with Crippen LogP contribution in [-0.4, -0.2) is 8.07 Å². The minimum atomic E-state index is -1.89. The van der Waals surface area contributed by atoms with Gasteiger partial charge in [0.2, 0.25) is 0 Å². The molecule has 0 aromatic heterocycles. The summed E-state index contributed by atoms with van der Waals surface area (Å²) in [5, 5.41) is 3.55. The second kappa shape index (κ2) is 7.43. The van der Waals surface area contributed by atoms with Gasteiger partial charge >= 0.3 is 0 Å². The first-order valence-corrected chi connectivity index (χ1v) is 13.0. The van der Waals surface area contributed by atoms with Crippen molar-refractivity contribution in [1.82, 2.24) is 0 Å². The van der Waals surface area contributed by atoms with Crippen molar-refractivity contribution < 1.29 is 0 Å². The molecular formula is C26H34Si. The molecule has 0 radical (unpaired) electrons. The third-order valence-corrected chi connectivity index (χ3v) is 13.6. The van der Waals surface area contributed by atoms with Gasteiger partial charge in [0.1, 0.15) is 8.07 Å². The summed E-state index contributed by atoms with van der Waals surface area (Å²) in [6.07, 6.45) is 10.2. The summed E-state index contributed by atoms with van der Waals surface area (Å²) < 4.78 is 0. The molecule has 0 bridgehead atoms. The van der Waals surface area contributed by atoms with Crippen LogP contribution in [0.25, 0.3) is 0 Å². The quantitative estimate of drug-likeness (QED) is 0.452. The van der Waals surface area contributed by atoms with Crippen molar-refractivity contribution in [3.63, 3.8) is 0 Å². The molecule has 0 amide bonds. The van der Waals surface area contributed by atoms with Gasteiger partial charge in [0.15, 0.2) is 0 Å². The van der Waals surface area contributed by atoms with E-state index >= 15 is 0 Å². The number of hydrogen-bond acceptors (Lipinski definition) is 0. The summed E-state index contributed by atoms with van der Waals surface area (Å²) in [6, 6.07) is 24.5. The molecule has 2 aliphatic carbocycles. The molecule has 2 aromatic rings.